The lowest BCUT2D eigenvalue weighted by molar-refractivity contribution is 0.0748. The van der Waals surface area contributed by atoms with E-state index in [2.05, 4.69) is 4.90 Å². The van der Waals surface area contributed by atoms with Gasteiger partial charge in [-0.05, 0) is 55.5 Å². The average Bonchev–Trinajstić information content (AvgIpc) is 2.88. The van der Waals surface area contributed by atoms with E-state index in [-0.39, 0.29) is 11.7 Å². The topological polar surface area (TPSA) is 53.5 Å². The zero-order chi connectivity index (χ0) is 23.7. The number of ketones is 1. The molecule has 0 bridgehead atoms. The van der Waals surface area contributed by atoms with Gasteiger partial charge in [0, 0.05) is 53.4 Å². The second-order valence-corrected chi connectivity index (χ2v) is 8.90. The third-order valence-electron chi connectivity index (χ3n) is 6.29. The molecular formula is C28H24ClN3O2. The maximum atomic E-state index is 13.6. The predicted octanol–water partition coefficient (Wildman–Crippen LogP) is 5.72. The average molecular weight is 470 g/mol. The molecule has 5 nitrogen and oxygen atoms in total. The van der Waals surface area contributed by atoms with Crippen molar-refractivity contribution in [2.75, 3.05) is 31.1 Å². The number of hydrogen-bond acceptors (Lipinski definition) is 4. The van der Waals surface area contributed by atoms with Crippen LogP contribution in [0.5, 0.6) is 0 Å². The van der Waals surface area contributed by atoms with Crippen LogP contribution in [-0.4, -0.2) is 47.8 Å². The molecule has 170 valence electrons. The molecule has 34 heavy (non-hydrogen) atoms. The number of piperazine rings is 1. The van der Waals surface area contributed by atoms with Gasteiger partial charge < -0.3 is 9.80 Å². The first-order valence-corrected chi connectivity index (χ1v) is 11.7. The van der Waals surface area contributed by atoms with Crippen LogP contribution >= 0.6 is 11.6 Å². The van der Waals surface area contributed by atoms with Crippen LogP contribution in [0.4, 0.5) is 5.69 Å². The van der Waals surface area contributed by atoms with E-state index in [0.717, 1.165) is 40.9 Å². The van der Waals surface area contributed by atoms with Crippen molar-refractivity contribution in [3.63, 3.8) is 0 Å². The molecule has 0 saturated carbocycles. The molecule has 5 rings (SSSR count). The summed E-state index contributed by atoms with van der Waals surface area (Å²) in [7, 11) is 0. The van der Waals surface area contributed by atoms with Gasteiger partial charge >= 0.3 is 0 Å². The fourth-order valence-electron chi connectivity index (χ4n) is 4.37. The van der Waals surface area contributed by atoms with Gasteiger partial charge in [0.2, 0.25) is 0 Å². The highest BCUT2D eigenvalue weighted by molar-refractivity contribution is 6.30. The van der Waals surface area contributed by atoms with E-state index in [1.807, 2.05) is 83.8 Å². The van der Waals surface area contributed by atoms with Crippen LogP contribution in [0.25, 0.3) is 22.2 Å². The highest BCUT2D eigenvalue weighted by Crippen LogP contribution is 2.27. The van der Waals surface area contributed by atoms with Gasteiger partial charge in [0.25, 0.3) is 5.91 Å². The molecule has 1 saturated heterocycles. The molecule has 0 atom stereocenters. The number of para-hydroxylation sites is 1. The first-order valence-electron chi connectivity index (χ1n) is 11.3. The molecule has 6 heteroatoms. The number of aromatic nitrogens is 1. The van der Waals surface area contributed by atoms with Gasteiger partial charge in [0.05, 0.1) is 16.8 Å². The Hall–Kier alpha value is -3.70. The number of carbonyl (C=O) groups is 2. The number of hydrogen-bond donors (Lipinski definition) is 0. The number of nitrogens with zero attached hydrogens (tertiary/aromatic N) is 3. The lowest BCUT2D eigenvalue weighted by Crippen LogP contribution is -2.48. The highest BCUT2D eigenvalue weighted by Gasteiger charge is 2.24. The predicted molar refractivity (Wildman–Crippen MR) is 137 cm³/mol. The maximum Gasteiger partial charge on any atom is 0.254 e. The van der Waals surface area contributed by atoms with E-state index in [1.54, 1.807) is 6.92 Å². The third kappa shape index (κ3) is 4.39. The quantitative estimate of drug-likeness (QED) is 0.359. The number of benzene rings is 3. The highest BCUT2D eigenvalue weighted by atomic mass is 35.5. The minimum absolute atomic E-state index is 0.0143. The Bertz CT molecular complexity index is 1360. The molecule has 3 aromatic carbocycles. The molecule has 0 radical (unpaired) electrons. The van der Waals surface area contributed by atoms with E-state index < -0.39 is 0 Å². The Morgan fingerprint density at radius 2 is 1.53 bits per heavy atom. The van der Waals surface area contributed by atoms with Gasteiger partial charge in [0.1, 0.15) is 0 Å². The molecule has 2 heterocycles. The van der Waals surface area contributed by atoms with E-state index in [1.165, 1.54) is 0 Å². The number of halogens is 1. The summed E-state index contributed by atoms with van der Waals surface area (Å²) in [6.07, 6.45) is 0. The van der Waals surface area contributed by atoms with Gasteiger partial charge in [-0.2, -0.15) is 0 Å². The summed E-state index contributed by atoms with van der Waals surface area (Å²) < 4.78 is 0. The molecule has 4 aromatic rings. The van der Waals surface area contributed by atoms with E-state index in [0.29, 0.717) is 29.2 Å². The Labute approximate surface area is 203 Å². The monoisotopic (exact) mass is 469 g/mol. The molecule has 0 N–H and O–H groups in total. The Morgan fingerprint density at radius 1 is 0.853 bits per heavy atom. The molecule has 1 aliphatic heterocycles. The Morgan fingerprint density at radius 3 is 2.21 bits per heavy atom. The summed E-state index contributed by atoms with van der Waals surface area (Å²) in [6, 6.07) is 24.8. The zero-order valence-corrected chi connectivity index (χ0v) is 19.6. The van der Waals surface area contributed by atoms with Gasteiger partial charge in [-0.1, -0.05) is 41.9 Å². The molecule has 0 unspecified atom stereocenters. The number of anilines is 1. The van der Waals surface area contributed by atoms with Gasteiger partial charge in [-0.15, -0.1) is 0 Å². The van der Waals surface area contributed by atoms with E-state index in [4.69, 9.17) is 16.6 Å². The van der Waals surface area contributed by atoms with Crippen molar-refractivity contribution in [2.45, 2.75) is 6.92 Å². The molecule has 0 spiro atoms. The number of carbonyl (C=O) groups excluding carboxylic acids is 2. The van der Waals surface area contributed by atoms with Crippen LogP contribution in [0.1, 0.15) is 27.6 Å². The molecule has 1 fully saturated rings. The Kier molecular flexibility index (Phi) is 6.03. The summed E-state index contributed by atoms with van der Waals surface area (Å²) in [5.41, 5.74) is 4.90. The second kappa shape index (κ2) is 9.27. The van der Waals surface area contributed by atoms with Gasteiger partial charge in [-0.3, -0.25) is 9.59 Å². The first kappa shape index (κ1) is 22.1. The van der Waals surface area contributed by atoms with Crippen LogP contribution in [0, 0.1) is 0 Å². The second-order valence-electron chi connectivity index (χ2n) is 8.46. The first-order chi connectivity index (χ1) is 16.5. The van der Waals surface area contributed by atoms with Crippen molar-refractivity contribution in [1.82, 2.24) is 9.88 Å². The number of rotatable bonds is 4. The molecule has 0 aliphatic carbocycles. The summed E-state index contributed by atoms with van der Waals surface area (Å²) in [4.78, 5) is 34.1. The molecular weight excluding hydrogens is 446 g/mol. The van der Waals surface area contributed by atoms with Crippen molar-refractivity contribution in [2.24, 2.45) is 0 Å². The van der Waals surface area contributed by atoms with Crippen LogP contribution in [0.15, 0.2) is 78.9 Å². The van der Waals surface area contributed by atoms with Crippen LogP contribution in [-0.2, 0) is 0 Å². The maximum absolute atomic E-state index is 13.6. The summed E-state index contributed by atoms with van der Waals surface area (Å²) >= 11 is 6.05. The number of fused-ring (bicyclic) bond motifs is 1. The van der Waals surface area contributed by atoms with Crippen molar-refractivity contribution in [1.29, 1.82) is 0 Å². The Balaban J connectivity index is 1.39. The van der Waals surface area contributed by atoms with Crippen LogP contribution in [0.3, 0.4) is 0 Å². The van der Waals surface area contributed by atoms with E-state index in [9.17, 15) is 9.59 Å². The normalized spacial score (nSPS) is 13.8. The van der Waals surface area contributed by atoms with Crippen LogP contribution in [0.2, 0.25) is 5.02 Å². The summed E-state index contributed by atoms with van der Waals surface area (Å²) in [6.45, 7) is 4.29. The van der Waals surface area contributed by atoms with E-state index >= 15 is 0 Å². The summed E-state index contributed by atoms with van der Waals surface area (Å²) in [5.74, 6) is 0.0740. The van der Waals surface area contributed by atoms with Crippen molar-refractivity contribution < 1.29 is 9.59 Å². The number of Topliss-reactive ketones (excluding diaryl/α,β-unsaturated/α-hetero) is 1. The van der Waals surface area contributed by atoms with Crippen LogP contribution < -0.4 is 4.90 Å². The summed E-state index contributed by atoms with van der Waals surface area (Å²) in [5, 5.41) is 1.52. The van der Waals surface area contributed by atoms with Crippen molar-refractivity contribution in [3.05, 3.63) is 95.0 Å². The molecule has 1 aromatic heterocycles. The lowest BCUT2D eigenvalue weighted by atomic mass is 10.0. The number of amides is 1. The third-order valence-corrected chi connectivity index (χ3v) is 6.54. The van der Waals surface area contributed by atoms with Crippen molar-refractivity contribution in [3.8, 4) is 11.3 Å². The molecule has 1 aliphatic rings. The molecule has 1 amide bonds. The SMILES string of the molecule is CC(=O)c1ccc(N2CCN(C(=O)c3cc(-c4ccc(Cl)cc4)nc4ccccc34)CC2)cc1. The number of pyridine rings is 1. The smallest absolute Gasteiger partial charge is 0.254 e. The lowest BCUT2D eigenvalue weighted by Gasteiger charge is -2.36. The minimum atomic E-state index is 0.0143. The fourth-order valence-corrected chi connectivity index (χ4v) is 4.49. The van der Waals surface area contributed by atoms with Gasteiger partial charge in [-0.25, -0.2) is 4.98 Å². The standard InChI is InChI=1S/C28H24ClN3O2/c1-19(33)20-8-12-23(13-9-20)31-14-16-32(17-15-31)28(34)25-18-27(21-6-10-22(29)11-7-21)30-26-5-3-2-4-24(25)26/h2-13,18H,14-17H2,1H3. The zero-order valence-electron chi connectivity index (χ0n) is 18.9. The largest absolute Gasteiger partial charge is 0.368 e. The van der Waals surface area contributed by atoms with Crippen molar-refractivity contribution >= 4 is 39.9 Å². The van der Waals surface area contributed by atoms with Gasteiger partial charge in [0.15, 0.2) is 5.78 Å². The minimum Gasteiger partial charge on any atom is -0.368 e. The fraction of sp³-hybridized carbons (Fsp3) is 0.179.